The largest absolute Gasteiger partial charge is 0.497 e. The number of benzene rings is 2. The second kappa shape index (κ2) is 6.48. The van der Waals surface area contributed by atoms with Crippen molar-refractivity contribution in [2.45, 2.75) is 25.8 Å². The number of carbonyl (C=O) groups is 2. The van der Waals surface area contributed by atoms with Crippen LogP contribution in [0.5, 0.6) is 5.75 Å². The number of para-hydroxylation sites is 1. The smallest absolute Gasteiger partial charge is 0.232 e. The summed E-state index contributed by atoms with van der Waals surface area (Å²) in [5.74, 6) is 0.410. The second-order valence-corrected chi connectivity index (χ2v) is 7.00. The van der Waals surface area contributed by atoms with Crippen molar-refractivity contribution in [1.29, 1.82) is 0 Å². The first-order chi connectivity index (χ1) is 12.6. The SMILES string of the molecule is COc1cccc(N2C[C@H](C(=O)N3c4ccccc4C[C@@H]3C)CC2=O)c1. The van der Waals surface area contributed by atoms with Gasteiger partial charge in [0.15, 0.2) is 0 Å². The van der Waals surface area contributed by atoms with Crippen molar-refractivity contribution in [3.05, 3.63) is 54.1 Å². The fourth-order valence-corrected chi connectivity index (χ4v) is 4.00. The Morgan fingerprint density at radius 3 is 2.73 bits per heavy atom. The summed E-state index contributed by atoms with van der Waals surface area (Å²) in [6.45, 7) is 2.48. The van der Waals surface area contributed by atoms with Gasteiger partial charge in [-0.1, -0.05) is 24.3 Å². The first-order valence-electron chi connectivity index (χ1n) is 8.94. The molecule has 0 N–H and O–H groups in total. The average Bonchev–Trinajstić information content (AvgIpc) is 3.20. The minimum Gasteiger partial charge on any atom is -0.497 e. The molecule has 0 aliphatic carbocycles. The standard InChI is InChI=1S/C21H22N2O3/c1-14-10-15-6-3-4-9-19(15)23(14)21(25)16-11-20(24)22(13-16)17-7-5-8-18(12-17)26-2/h3-9,12,14,16H,10-11,13H2,1-2H3/t14-,16+/m0/s1. The highest BCUT2D eigenvalue weighted by atomic mass is 16.5. The summed E-state index contributed by atoms with van der Waals surface area (Å²) >= 11 is 0. The van der Waals surface area contributed by atoms with Gasteiger partial charge in [0.2, 0.25) is 11.8 Å². The molecule has 0 bridgehead atoms. The Morgan fingerprint density at radius 1 is 1.12 bits per heavy atom. The lowest BCUT2D eigenvalue weighted by Gasteiger charge is -2.26. The number of methoxy groups -OCH3 is 1. The highest BCUT2D eigenvalue weighted by Crippen LogP contribution is 2.35. The summed E-state index contributed by atoms with van der Waals surface area (Å²) in [6, 6.07) is 15.6. The van der Waals surface area contributed by atoms with Gasteiger partial charge in [-0.05, 0) is 37.1 Å². The van der Waals surface area contributed by atoms with Crippen molar-refractivity contribution in [1.82, 2.24) is 0 Å². The molecule has 0 spiro atoms. The zero-order valence-corrected chi connectivity index (χ0v) is 15.0. The van der Waals surface area contributed by atoms with Crippen LogP contribution in [0.25, 0.3) is 0 Å². The molecule has 4 rings (SSSR count). The van der Waals surface area contributed by atoms with Gasteiger partial charge in [-0.15, -0.1) is 0 Å². The minimum absolute atomic E-state index is 0.0169. The van der Waals surface area contributed by atoms with Crippen molar-refractivity contribution < 1.29 is 14.3 Å². The lowest BCUT2D eigenvalue weighted by atomic mass is 10.1. The Kier molecular flexibility index (Phi) is 4.15. The van der Waals surface area contributed by atoms with Crippen LogP contribution in [0.2, 0.25) is 0 Å². The Hall–Kier alpha value is -2.82. The third-order valence-electron chi connectivity index (χ3n) is 5.28. The van der Waals surface area contributed by atoms with Crippen molar-refractivity contribution >= 4 is 23.2 Å². The molecule has 0 aromatic heterocycles. The van der Waals surface area contributed by atoms with Crippen molar-refractivity contribution in [2.24, 2.45) is 5.92 Å². The fourth-order valence-electron chi connectivity index (χ4n) is 4.00. The van der Waals surface area contributed by atoms with E-state index >= 15 is 0 Å². The third-order valence-corrected chi connectivity index (χ3v) is 5.28. The van der Waals surface area contributed by atoms with Crippen LogP contribution in [0, 0.1) is 5.92 Å². The van der Waals surface area contributed by atoms with Gasteiger partial charge in [-0.3, -0.25) is 9.59 Å². The van der Waals surface area contributed by atoms with Crippen LogP contribution in [-0.2, 0) is 16.0 Å². The number of ether oxygens (including phenoxy) is 1. The molecule has 1 fully saturated rings. The Morgan fingerprint density at radius 2 is 1.92 bits per heavy atom. The van der Waals surface area contributed by atoms with Gasteiger partial charge < -0.3 is 14.5 Å². The average molecular weight is 350 g/mol. The van der Waals surface area contributed by atoms with Gasteiger partial charge in [0, 0.05) is 36.4 Å². The number of hydrogen-bond donors (Lipinski definition) is 0. The quantitative estimate of drug-likeness (QED) is 0.855. The Labute approximate surface area is 153 Å². The molecular weight excluding hydrogens is 328 g/mol. The molecular formula is C21H22N2O3. The van der Waals surface area contributed by atoms with Gasteiger partial charge in [0.25, 0.3) is 0 Å². The molecule has 5 nitrogen and oxygen atoms in total. The van der Waals surface area contributed by atoms with Crippen LogP contribution < -0.4 is 14.5 Å². The molecule has 5 heteroatoms. The first kappa shape index (κ1) is 16.6. The van der Waals surface area contributed by atoms with E-state index in [0.717, 1.165) is 17.8 Å². The van der Waals surface area contributed by atoms with Crippen LogP contribution in [0.4, 0.5) is 11.4 Å². The van der Waals surface area contributed by atoms with Crippen LogP contribution in [0.1, 0.15) is 18.9 Å². The maximum atomic E-state index is 13.2. The molecule has 2 heterocycles. The number of hydrogen-bond acceptors (Lipinski definition) is 3. The Bertz CT molecular complexity index is 864. The van der Waals surface area contributed by atoms with Crippen molar-refractivity contribution in [3.8, 4) is 5.75 Å². The van der Waals surface area contributed by atoms with E-state index < -0.39 is 0 Å². The summed E-state index contributed by atoms with van der Waals surface area (Å²) in [5, 5.41) is 0. The number of anilines is 2. The molecule has 0 saturated carbocycles. The summed E-state index contributed by atoms with van der Waals surface area (Å²) in [6.07, 6.45) is 1.11. The lowest BCUT2D eigenvalue weighted by Crippen LogP contribution is -2.41. The molecule has 0 radical (unpaired) electrons. The molecule has 2 amide bonds. The van der Waals surface area contributed by atoms with E-state index in [-0.39, 0.29) is 30.2 Å². The maximum Gasteiger partial charge on any atom is 0.232 e. The summed E-state index contributed by atoms with van der Waals surface area (Å²) in [5.41, 5.74) is 2.96. The summed E-state index contributed by atoms with van der Waals surface area (Å²) in [4.78, 5) is 29.3. The zero-order chi connectivity index (χ0) is 18.3. The molecule has 2 atom stereocenters. The zero-order valence-electron chi connectivity index (χ0n) is 15.0. The van der Waals surface area contributed by atoms with Crippen LogP contribution in [0.3, 0.4) is 0 Å². The third kappa shape index (κ3) is 2.73. The number of fused-ring (bicyclic) bond motifs is 1. The van der Waals surface area contributed by atoms with Crippen LogP contribution in [0.15, 0.2) is 48.5 Å². The van der Waals surface area contributed by atoms with E-state index in [1.54, 1.807) is 12.0 Å². The molecule has 1 saturated heterocycles. The van der Waals surface area contributed by atoms with Crippen LogP contribution >= 0.6 is 0 Å². The fraction of sp³-hybridized carbons (Fsp3) is 0.333. The molecule has 134 valence electrons. The number of rotatable bonds is 3. The summed E-state index contributed by atoms with van der Waals surface area (Å²) in [7, 11) is 1.60. The maximum absolute atomic E-state index is 13.2. The molecule has 0 unspecified atom stereocenters. The van der Waals surface area contributed by atoms with Gasteiger partial charge in [-0.25, -0.2) is 0 Å². The first-order valence-corrected chi connectivity index (χ1v) is 8.94. The van der Waals surface area contributed by atoms with Gasteiger partial charge >= 0.3 is 0 Å². The highest BCUT2D eigenvalue weighted by Gasteiger charge is 2.41. The van der Waals surface area contributed by atoms with Gasteiger partial charge in [0.1, 0.15) is 5.75 Å². The topological polar surface area (TPSA) is 49.9 Å². The predicted octanol–water partition coefficient (Wildman–Crippen LogP) is 3.03. The molecule has 2 aliphatic heterocycles. The van der Waals surface area contributed by atoms with E-state index in [4.69, 9.17) is 4.74 Å². The lowest BCUT2D eigenvalue weighted by molar-refractivity contribution is -0.124. The summed E-state index contributed by atoms with van der Waals surface area (Å²) < 4.78 is 5.25. The van der Waals surface area contributed by atoms with Crippen LogP contribution in [-0.4, -0.2) is 31.5 Å². The number of amides is 2. The molecule has 26 heavy (non-hydrogen) atoms. The number of carbonyl (C=O) groups excluding carboxylic acids is 2. The predicted molar refractivity (Wildman–Crippen MR) is 101 cm³/mol. The normalized spacial score (nSPS) is 21.8. The van der Waals surface area contributed by atoms with Crippen molar-refractivity contribution in [3.63, 3.8) is 0 Å². The monoisotopic (exact) mass is 350 g/mol. The minimum atomic E-state index is -0.317. The van der Waals surface area contributed by atoms with E-state index in [0.29, 0.717) is 12.3 Å². The molecule has 2 aromatic carbocycles. The second-order valence-electron chi connectivity index (χ2n) is 7.00. The van der Waals surface area contributed by atoms with E-state index in [2.05, 4.69) is 13.0 Å². The van der Waals surface area contributed by atoms with E-state index in [1.807, 2.05) is 47.4 Å². The molecule has 2 aliphatic rings. The number of nitrogens with zero attached hydrogens (tertiary/aromatic N) is 2. The van der Waals surface area contributed by atoms with Crippen molar-refractivity contribution in [2.75, 3.05) is 23.5 Å². The Balaban J connectivity index is 1.56. The van der Waals surface area contributed by atoms with E-state index in [9.17, 15) is 9.59 Å². The van der Waals surface area contributed by atoms with Gasteiger partial charge in [0.05, 0.1) is 13.0 Å². The van der Waals surface area contributed by atoms with Gasteiger partial charge in [-0.2, -0.15) is 0 Å². The highest BCUT2D eigenvalue weighted by molar-refractivity contribution is 6.05. The molecule has 2 aromatic rings. The van der Waals surface area contributed by atoms with E-state index in [1.165, 1.54) is 5.56 Å².